The van der Waals surface area contributed by atoms with Crippen molar-refractivity contribution in [3.63, 3.8) is 0 Å². The fourth-order valence-corrected chi connectivity index (χ4v) is 4.24. The average Bonchev–Trinajstić information content (AvgIpc) is 2.52. The van der Waals surface area contributed by atoms with E-state index in [1.807, 2.05) is 0 Å². The lowest BCUT2D eigenvalue weighted by Gasteiger charge is -2.43. The minimum atomic E-state index is 0.620. The molecular weight excluding hydrogens is 254 g/mol. The molecule has 0 spiro atoms. The van der Waals surface area contributed by atoms with Gasteiger partial charge >= 0.3 is 0 Å². The summed E-state index contributed by atoms with van der Waals surface area (Å²) in [5.74, 6) is 1.98. The molecular formula is C20H41N. The van der Waals surface area contributed by atoms with Crippen LogP contribution in [-0.4, -0.2) is 13.1 Å². The van der Waals surface area contributed by atoms with Crippen molar-refractivity contribution in [3.8, 4) is 0 Å². The van der Waals surface area contributed by atoms with Gasteiger partial charge in [0.05, 0.1) is 0 Å². The molecule has 1 saturated carbocycles. The standard InChI is InChI=1S/C20H41N/c1-5-9-10-19-11-13-20(14-12-19,17-21-15-6-2)16-18(7-3)8-4/h18-19,21H,5-17H2,1-4H3. The molecule has 0 heterocycles. The predicted molar refractivity (Wildman–Crippen MR) is 95.8 cm³/mol. The fourth-order valence-electron chi connectivity index (χ4n) is 4.24. The Morgan fingerprint density at radius 1 is 1.00 bits per heavy atom. The van der Waals surface area contributed by atoms with Crippen LogP contribution in [0.15, 0.2) is 0 Å². The molecule has 0 aromatic carbocycles. The van der Waals surface area contributed by atoms with Crippen molar-refractivity contribution in [1.82, 2.24) is 5.32 Å². The molecule has 1 aliphatic carbocycles. The van der Waals surface area contributed by atoms with Gasteiger partial charge < -0.3 is 5.32 Å². The first kappa shape index (κ1) is 19.0. The summed E-state index contributed by atoms with van der Waals surface area (Å²) >= 11 is 0. The third-order valence-corrected chi connectivity index (χ3v) is 5.93. The van der Waals surface area contributed by atoms with Crippen molar-refractivity contribution < 1.29 is 0 Å². The van der Waals surface area contributed by atoms with Gasteiger partial charge in [-0.1, -0.05) is 59.8 Å². The SMILES string of the molecule is CCCCC1CCC(CNCCC)(CC(CC)CC)CC1. The highest BCUT2D eigenvalue weighted by molar-refractivity contribution is 4.89. The summed E-state index contributed by atoms with van der Waals surface area (Å²) in [6, 6.07) is 0. The van der Waals surface area contributed by atoms with Crippen molar-refractivity contribution in [2.45, 2.75) is 98.3 Å². The number of unbranched alkanes of at least 4 members (excludes halogenated alkanes) is 1. The fraction of sp³-hybridized carbons (Fsp3) is 1.00. The van der Waals surface area contributed by atoms with E-state index in [0.29, 0.717) is 5.41 Å². The maximum absolute atomic E-state index is 3.76. The van der Waals surface area contributed by atoms with E-state index in [9.17, 15) is 0 Å². The van der Waals surface area contributed by atoms with Gasteiger partial charge in [-0.15, -0.1) is 0 Å². The smallest absolute Gasteiger partial charge is 0.000791 e. The monoisotopic (exact) mass is 295 g/mol. The molecule has 0 saturated heterocycles. The zero-order chi connectivity index (χ0) is 15.6. The maximum atomic E-state index is 3.76. The highest BCUT2D eigenvalue weighted by atomic mass is 14.9. The van der Waals surface area contributed by atoms with Gasteiger partial charge in [-0.05, 0) is 62.3 Å². The topological polar surface area (TPSA) is 12.0 Å². The van der Waals surface area contributed by atoms with E-state index in [2.05, 4.69) is 33.0 Å². The lowest BCUT2D eigenvalue weighted by atomic mass is 9.65. The summed E-state index contributed by atoms with van der Waals surface area (Å²) in [6.07, 6.45) is 15.7. The van der Waals surface area contributed by atoms with E-state index in [4.69, 9.17) is 0 Å². The molecule has 126 valence electrons. The molecule has 1 aliphatic rings. The van der Waals surface area contributed by atoms with Gasteiger partial charge in [-0.2, -0.15) is 0 Å². The minimum Gasteiger partial charge on any atom is -0.316 e. The van der Waals surface area contributed by atoms with Gasteiger partial charge in [0.2, 0.25) is 0 Å². The van der Waals surface area contributed by atoms with E-state index >= 15 is 0 Å². The molecule has 1 rings (SSSR count). The highest BCUT2D eigenvalue weighted by Gasteiger charge is 2.35. The Balaban J connectivity index is 2.53. The molecule has 1 fully saturated rings. The molecule has 1 nitrogen and oxygen atoms in total. The van der Waals surface area contributed by atoms with Crippen LogP contribution in [0.5, 0.6) is 0 Å². The highest BCUT2D eigenvalue weighted by Crippen LogP contribution is 2.45. The van der Waals surface area contributed by atoms with Gasteiger partial charge in [0.15, 0.2) is 0 Å². The minimum absolute atomic E-state index is 0.620. The maximum Gasteiger partial charge on any atom is 0.000791 e. The van der Waals surface area contributed by atoms with Crippen LogP contribution >= 0.6 is 0 Å². The van der Waals surface area contributed by atoms with Gasteiger partial charge in [-0.3, -0.25) is 0 Å². The van der Waals surface area contributed by atoms with Crippen LogP contribution in [0.1, 0.15) is 98.3 Å². The molecule has 0 aliphatic heterocycles. The normalized spacial score (nSPS) is 26.4. The second-order valence-corrected chi connectivity index (χ2v) is 7.65. The van der Waals surface area contributed by atoms with Crippen molar-refractivity contribution in [3.05, 3.63) is 0 Å². The van der Waals surface area contributed by atoms with E-state index < -0.39 is 0 Å². The van der Waals surface area contributed by atoms with Crippen molar-refractivity contribution >= 4 is 0 Å². The second-order valence-electron chi connectivity index (χ2n) is 7.65. The lowest BCUT2D eigenvalue weighted by Crippen LogP contribution is -2.39. The summed E-state index contributed by atoms with van der Waals surface area (Å²) in [6.45, 7) is 11.8. The van der Waals surface area contributed by atoms with Crippen LogP contribution in [0, 0.1) is 17.3 Å². The predicted octanol–water partition coefficient (Wildman–Crippen LogP) is 6.18. The van der Waals surface area contributed by atoms with E-state index in [0.717, 1.165) is 11.8 Å². The summed E-state index contributed by atoms with van der Waals surface area (Å²) < 4.78 is 0. The molecule has 0 bridgehead atoms. The Hall–Kier alpha value is -0.0400. The average molecular weight is 296 g/mol. The number of hydrogen-bond acceptors (Lipinski definition) is 1. The summed E-state index contributed by atoms with van der Waals surface area (Å²) in [5.41, 5.74) is 0.620. The van der Waals surface area contributed by atoms with Gasteiger partial charge in [-0.25, -0.2) is 0 Å². The lowest BCUT2D eigenvalue weighted by molar-refractivity contribution is 0.103. The molecule has 0 aromatic rings. The molecule has 1 heteroatoms. The largest absolute Gasteiger partial charge is 0.316 e. The van der Waals surface area contributed by atoms with Crippen LogP contribution in [-0.2, 0) is 0 Å². The first-order chi connectivity index (χ1) is 10.2. The first-order valence-corrected chi connectivity index (χ1v) is 9.90. The molecule has 0 aromatic heterocycles. The van der Waals surface area contributed by atoms with Crippen molar-refractivity contribution in [2.24, 2.45) is 17.3 Å². The van der Waals surface area contributed by atoms with Gasteiger partial charge in [0.1, 0.15) is 0 Å². The number of nitrogens with one attached hydrogen (secondary N) is 1. The Morgan fingerprint density at radius 2 is 1.67 bits per heavy atom. The quantitative estimate of drug-likeness (QED) is 0.449. The van der Waals surface area contributed by atoms with Crippen LogP contribution in [0.2, 0.25) is 0 Å². The summed E-state index contributed by atoms with van der Waals surface area (Å²) in [4.78, 5) is 0. The Kier molecular flexibility index (Phi) is 9.64. The van der Waals surface area contributed by atoms with Crippen LogP contribution in [0.4, 0.5) is 0 Å². The number of rotatable bonds is 11. The Labute approximate surface area is 134 Å². The van der Waals surface area contributed by atoms with Gasteiger partial charge in [0.25, 0.3) is 0 Å². The Bertz CT molecular complexity index is 236. The van der Waals surface area contributed by atoms with E-state index in [1.54, 1.807) is 0 Å². The van der Waals surface area contributed by atoms with Gasteiger partial charge in [0, 0.05) is 6.54 Å². The van der Waals surface area contributed by atoms with Crippen LogP contribution in [0.3, 0.4) is 0 Å². The molecule has 1 N–H and O–H groups in total. The van der Waals surface area contributed by atoms with Crippen LogP contribution in [0.25, 0.3) is 0 Å². The molecule has 0 atom stereocenters. The van der Waals surface area contributed by atoms with E-state index in [-0.39, 0.29) is 0 Å². The molecule has 0 amide bonds. The molecule has 21 heavy (non-hydrogen) atoms. The van der Waals surface area contributed by atoms with Crippen molar-refractivity contribution in [1.29, 1.82) is 0 Å². The Morgan fingerprint density at radius 3 is 2.19 bits per heavy atom. The van der Waals surface area contributed by atoms with Crippen LogP contribution < -0.4 is 5.32 Å². The molecule has 0 unspecified atom stereocenters. The zero-order valence-electron chi connectivity index (χ0n) is 15.3. The second kappa shape index (κ2) is 10.6. The van der Waals surface area contributed by atoms with Crippen molar-refractivity contribution in [2.75, 3.05) is 13.1 Å². The first-order valence-electron chi connectivity index (χ1n) is 9.90. The number of hydrogen-bond donors (Lipinski definition) is 1. The third-order valence-electron chi connectivity index (χ3n) is 5.93. The van der Waals surface area contributed by atoms with E-state index in [1.165, 1.54) is 83.7 Å². The molecule has 0 radical (unpaired) electrons. The summed E-state index contributed by atoms with van der Waals surface area (Å²) in [7, 11) is 0. The summed E-state index contributed by atoms with van der Waals surface area (Å²) in [5, 5.41) is 3.76. The third kappa shape index (κ3) is 6.72. The zero-order valence-corrected chi connectivity index (χ0v) is 15.3.